The van der Waals surface area contributed by atoms with Crippen LogP contribution in [0.2, 0.25) is 0 Å². The minimum absolute atomic E-state index is 0.0406. The van der Waals surface area contributed by atoms with Crippen LogP contribution in [0.4, 0.5) is 0 Å². The van der Waals surface area contributed by atoms with Gasteiger partial charge in [-0.05, 0) is 90.7 Å². The molecule has 2 aliphatic rings. The van der Waals surface area contributed by atoms with E-state index in [-0.39, 0.29) is 33.2 Å². The van der Waals surface area contributed by atoms with Crippen molar-refractivity contribution in [1.82, 2.24) is 0 Å². The van der Waals surface area contributed by atoms with E-state index in [0.717, 1.165) is 11.1 Å². The zero-order chi connectivity index (χ0) is 34.6. The van der Waals surface area contributed by atoms with Crippen LogP contribution in [0.5, 0.6) is 0 Å². The highest BCUT2D eigenvalue weighted by molar-refractivity contribution is 6.10. The standard InChI is InChI=1S/C46H46O2/c1-43(2,3)31-17-11-27(12-18-31)41(47)29-15-21-33-35-25-40-36(26-39(35)45(7,8)37(33)23-29)34-22-16-30(24-38(34)46(40,9)10)42(48)28-13-19-32(20-14-28)44(4,5)6/h11-26H,1-10H3. The van der Waals surface area contributed by atoms with Crippen molar-refractivity contribution in [2.75, 3.05) is 0 Å². The fraction of sp³-hybridized carbons (Fsp3) is 0.304. The first kappa shape index (κ1) is 32.0. The molecule has 5 aromatic rings. The lowest BCUT2D eigenvalue weighted by Gasteiger charge is -2.24. The summed E-state index contributed by atoms with van der Waals surface area (Å²) in [5.74, 6) is 0.108. The Bertz CT molecular complexity index is 1980. The average Bonchev–Trinajstić information content (AvgIpc) is 3.41. The zero-order valence-electron chi connectivity index (χ0n) is 30.1. The van der Waals surface area contributed by atoms with E-state index in [1.54, 1.807) is 0 Å². The van der Waals surface area contributed by atoms with Crippen molar-refractivity contribution < 1.29 is 9.59 Å². The van der Waals surface area contributed by atoms with Crippen molar-refractivity contribution in [2.45, 2.75) is 90.9 Å². The number of rotatable bonds is 4. The van der Waals surface area contributed by atoms with Gasteiger partial charge in [0.15, 0.2) is 11.6 Å². The molecule has 0 heterocycles. The van der Waals surface area contributed by atoms with Gasteiger partial charge < -0.3 is 0 Å². The van der Waals surface area contributed by atoms with E-state index in [2.05, 4.69) is 130 Å². The summed E-state index contributed by atoms with van der Waals surface area (Å²) in [7, 11) is 0. The van der Waals surface area contributed by atoms with Gasteiger partial charge in [0.25, 0.3) is 0 Å². The van der Waals surface area contributed by atoms with Crippen LogP contribution in [-0.4, -0.2) is 11.6 Å². The Balaban J connectivity index is 1.23. The molecule has 0 unspecified atom stereocenters. The number of hydrogen-bond donors (Lipinski definition) is 0. The zero-order valence-corrected chi connectivity index (χ0v) is 30.1. The molecular weight excluding hydrogens is 585 g/mol. The number of carbonyl (C=O) groups excluding carboxylic acids is 2. The average molecular weight is 631 g/mol. The highest BCUT2D eigenvalue weighted by atomic mass is 16.1. The third-order valence-corrected chi connectivity index (χ3v) is 11.0. The van der Waals surface area contributed by atoms with Gasteiger partial charge in [0.1, 0.15) is 0 Å². The van der Waals surface area contributed by atoms with E-state index >= 15 is 0 Å². The van der Waals surface area contributed by atoms with Gasteiger partial charge in [0, 0.05) is 33.1 Å². The van der Waals surface area contributed by atoms with Crippen molar-refractivity contribution in [1.29, 1.82) is 0 Å². The predicted molar refractivity (Wildman–Crippen MR) is 199 cm³/mol. The molecule has 0 spiro atoms. The molecule has 0 amide bonds. The maximum Gasteiger partial charge on any atom is 0.193 e. The third kappa shape index (κ3) is 4.91. The van der Waals surface area contributed by atoms with Gasteiger partial charge >= 0.3 is 0 Å². The molecule has 5 aromatic carbocycles. The van der Waals surface area contributed by atoms with Gasteiger partial charge in [-0.25, -0.2) is 0 Å². The second-order valence-corrected chi connectivity index (χ2v) is 17.0. The van der Waals surface area contributed by atoms with E-state index in [1.165, 1.54) is 55.6 Å². The molecule has 0 aromatic heterocycles. The van der Waals surface area contributed by atoms with Gasteiger partial charge in [-0.1, -0.05) is 142 Å². The van der Waals surface area contributed by atoms with Gasteiger partial charge in [-0.15, -0.1) is 0 Å². The number of benzene rings is 5. The highest BCUT2D eigenvalue weighted by Crippen LogP contribution is 2.56. The smallest absolute Gasteiger partial charge is 0.193 e. The second-order valence-electron chi connectivity index (χ2n) is 17.0. The van der Waals surface area contributed by atoms with E-state index in [9.17, 15) is 9.59 Å². The first-order valence-electron chi connectivity index (χ1n) is 17.2. The van der Waals surface area contributed by atoms with Crippen LogP contribution in [0, 0.1) is 0 Å². The first-order chi connectivity index (χ1) is 22.4. The molecule has 0 saturated carbocycles. The minimum atomic E-state index is -0.270. The molecule has 0 saturated heterocycles. The minimum Gasteiger partial charge on any atom is -0.289 e. The van der Waals surface area contributed by atoms with Crippen LogP contribution in [0.15, 0.2) is 97.1 Å². The van der Waals surface area contributed by atoms with Crippen LogP contribution >= 0.6 is 0 Å². The number of fused-ring (bicyclic) bond motifs is 6. The van der Waals surface area contributed by atoms with Crippen LogP contribution in [0.1, 0.15) is 134 Å². The Hall–Kier alpha value is -4.56. The molecule has 0 fully saturated rings. The fourth-order valence-electron chi connectivity index (χ4n) is 7.82. The van der Waals surface area contributed by atoms with Crippen molar-refractivity contribution in [3.05, 3.63) is 153 Å². The van der Waals surface area contributed by atoms with Gasteiger partial charge in [-0.2, -0.15) is 0 Å². The van der Waals surface area contributed by atoms with Gasteiger partial charge in [-0.3, -0.25) is 9.59 Å². The molecule has 7 rings (SSSR count). The molecule has 0 radical (unpaired) electrons. The van der Waals surface area contributed by atoms with Crippen LogP contribution in [-0.2, 0) is 21.7 Å². The van der Waals surface area contributed by atoms with Crippen molar-refractivity contribution >= 4 is 11.6 Å². The summed E-state index contributed by atoms with van der Waals surface area (Å²) in [4.78, 5) is 27.3. The number of ketones is 2. The van der Waals surface area contributed by atoms with Crippen molar-refractivity contribution in [3.63, 3.8) is 0 Å². The van der Waals surface area contributed by atoms with E-state index in [0.29, 0.717) is 11.1 Å². The lowest BCUT2D eigenvalue weighted by Crippen LogP contribution is -2.17. The normalized spacial score (nSPS) is 15.4. The Morgan fingerprint density at radius 3 is 1.00 bits per heavy atom. The van der Waals surface area contributed by atoms with Crippen LogP contribution < -0.4 is 0 Å². The van der Waals surface area contributed by atoms with Crippen molar-refractivity contribution in [2.24, 2.45) is 0 Å². The monoisotopic (exact) mass is 630 g/mol. The summed E-state index contributed by atoms with van der Waals surface area (Å²) in [6.45, 7) is 22.2. The summed E-state index contributed by atoms with van der Waals surface area (Å²) < 4.78 is 0. The maximum atomic E-state index is 13.7. The Morgan fingerprint density at radius 1 is 0.396 bits per heavy atom. The number of hydrogen-bond acceptors (Lipinski definition) is 2. The van der Waals surface area contributed by atoms with Crippen LogP contribution in [0.3, 0.4) is 0 Å². The molecule has 242 valence electrons. The second kappa shape index (κ2) is 10.5. The molecule has 2 aliphatic carbocycles. The molecule has 2 nitrogen and oxygen atoms in total. The largest absolute Gasteiger partial charge is 0.289 e. The molecule has 2 heteroatoms. The quantitative estimate of drug-likeness (QED) is 0.185. The van der Waals surface area contributed by atoms with Crippen LogP contribution in [0.25, 0.3) is 22.3 Å². The summed E-state index contributed by atoms with van der Waals surface area (Å²) in [5.41, 5.74) is 14.6. The molecule has 0 N–H and O–H groups in total. The molecule has 48 heavy (non-hydrogen) atoms. The summed E-state index contributed by atoms with van der Waals surface area (Å²) in [6.07, 6.45) is 0. The topological polar surface area (TPSA) is 34.1 Å². The lowest BCUT2D eigenvalue weighted by molar-refractivity contribution is 0.103. The van der Waals surface area contributed by atoms with E-state index in [4.69, 9.17) is 0 Å². The Labute approximate surface area is 286 Å². The summed E-state index contributed by atoms with van der Waals surface area (Å²) in [5, 5.41) is 0. The molecular formula is C46H46O2. The summed E-state index contributed by atoms with van der Waals surface area (Å²) in [6, 6.07) is 33.4. The van der Waals surface area contributed by atoms with Crippen molar-refractivity contribution in [3.8, 4) is 22.3 Å². The predicted octanol–water partition coefficient (Wildman–Crippen LogP) is 11.4. The molecule has 0 aliphatic heterocycles. The SMILES string of the molecule is CC(C)(C)c1ccc(C(=O)c2ccc3c(c2)C(C)(C)c2cc4c(cc2-3)C(C)(C)c2cc(C(=O)c3ccc(C(C)(C)C)cc3)ccc2-4)cc1. The van der Waals surface area contributed by atoms with Gasteiger partial charge in [0.2, 0.25) is 0 Å². The Morgan fingerprint density at radius 2 is 0.688 bits per heavy atom. The number of carbonyl (C=O) groups is 2. The molecule has 0 bridgehead atoms. The molecule has 0 atom stereocenters. The fourth-order valence-corrected chi connectivity index (χ4v) is 7.82. The van der Waals surface area contributed by atoms with E-state index in [1.807, 2.05) is 36.4 Å². The maximum absolute atomic E-state index is 13.7. The Kier molecular flexibility index (Phi) is 6.98. The summed E-state index contributed by atoms with van der Waals surface area (Å²) >= 11 is 0. The highest BCUT2D eigenvalue weighted by Gasteiger charge is 2.42. The third-order valence-electron chi connectivity index (χ3n) is 11.0. The van der Waals surface area contributed by atoms with Gasteiger partial charge in [0.05, 0.1) is 0 Å². The van der Waals surface area contributed by atoms with E-state index < -0.39 is 0 Å². The lowest BCUT2D eigenvalue weighted by atomic mass is 9.79. The first-order valence-corrected chi connectivity index (χ1v) is 17.2.